The first-order chi connectivity index (χ1) is 11.2. The number of ether oxygens (including phenoxy) is 2. The van der Waals surface area contributed by atoms with Crippen molar-refractivity contribution in [2.24, 2.45) is 5.92 Å². The molecule has 0 spiro atoms. The minimum atomic E-state index is -0.122. The highest BCUT2D eigenvalue weighted by atomic mass is 16.5. The van der Waals surface area contributed by atoms with Gasteiger partial charge in [-0.3, -0.25) is 9.59 Å². The Morgan fingerprint density at radius 3 is 2.57 bits per heavy atom. The van der Waals surface area contributed by atoms with E-state index in [4.69, 9.17) is 9.47 Å². The van der Waals surface area contributed by atoms with Gasteiger partial charge in [-0.25, -0.2) is 0 Å². The van der Waals surface area contributed by atoms with Crippen LogP contribution >= 0.6 is 0 Å². The van der Waals surface area contributed by atoms with Crippen molar-refractivity contribution in [1.29, 1.82) is 0 Å². The van der Waals surface area contributed by atoms with Gasteiger partial charge in [0.05, 0.1) is 25.2 Å². The van der Waals surface area contributed by atoms with Gasteiger partial charge in [-0.15, -0.1) is 0 Å². The van der Waals surface area contributed by atoms with Crippen LogP contribution in [0.4, 0.5) is 0 Å². The molecule has 1 aliphatic rings. The smallest absolute Gasteiger partial charge is 0.309 e. The molecule has 0 N–H and O–H groups in total. The number of piperidine rings is 1. The molecule has 2 rings (SSSR count). The van der Waals surface area contributed by atoms with Gasteiger partial charge in [0.2, 0.25) is 0 Å². The molecule has 1 aliphatic heterocycles. The second-order valence-electron chi connectivity index (χ2n) is 5.79. The van der Waals surface area contributed by atoms with Crippen LogP contribution in [0.15, 0.2) is 24.3 Å². The van der Waals surface area contributed by atoms with Gasteiger partial charge in [-0.1, -0.05) is 25.5 Å². The van der Waals surface area contributed by atoms with E-state index in [-0.39, 0.29) is 17.8 Å². The largest absolute Gasteiger partial charge is 0.496 e. The highest BCUT2D eigenvalue weighted by Crippen LogP contribution is 2.24. The number of rotatable bonds is 6. The average molecular weight is 319 g/mol. The molecule has 5 nitrogen and oxygen atoms in total. The van der Waals surface area contributed by atoms with E-state index in [2.05, 4.69) is 6.92 Å². The maximum Gasteiger partial charge on any atom is 0.309 e. The molecular formula is C18H25NO4. The Balaban J connectivity index is 1.89. The van der Waals surface area contributed by atoms with Crippen molar-refractivity contribution in [3.05, 3.63) is 29.8 Å². The van der Waals surface area contributed by atoms with Crippen LogP contribution in [-0.2, 0) is 9.53 Å². The van der Waals surface area contributed by atoms with Gasteiger partial charge in [-0.2, -0.15) is 0 Å². The summed E-state index contributed by atoms with van der Waals surface area (Å²) in [4.78, 5) is 26.4. The fourth-order valence-electron chi connectivity index (χ4n) is 2.74. The average Bonchev–Trinajstić information content (AvgIpc) is 2.61. The Morgan fingerprint density at radius 1 is 1.22 bits per heavy atom. The van der Waals surface area contributed by atoms with E-state index in [1.807, 2.05) is 12.1 Å². The summed E-state index contributed by atoms with van der Waals surface area (Å²) in [5.74, 6) is 0.329. The minimum Gasteiger partial charge on any atom is -0.496 e. The lowest BCUT2D eigenvalue weighted by Gasteiger charge is -2.31. The fraction of sp³-hybridized carbons (Fsp3) is 0.556. The molecule has 1 amide bonds. The molecule has 1 aromatic rings. The number of unbranched alkanes of at least 4 members (excludes halogenated alkanes) is 1. The van der Waals surface area contributed by atoms with Crippen LogP contribution in [0.2, 0.25) is 0 Å². The lowest BCUT2D eigenvalue weighted by Crippen LogP contribution is -2.40. The van der Waals surface area contributed by atoms with Crippen molar-refractivity contribution >= 4 is 11.9 Å². The zero-order valence-electron chi connectivity index (χ0n) is 13.9. The van der Waals surface area contributed by atoms with Crippen LogP contribution in [0.25, 0.3) is 0 Å². The third kappa shape index (κ3) is 4.47. The minimum absolute atomic E-state index is 0.0414. The van der Waals surface area contributed by atoms with E-state index in [9.17, 15) is 9.59 Å². The molecule has 1 fully saturated rings. The van der Waals surface area contributed by atoms with Gasteiger partial charge in [0.25, 0.3) is 5.91 Å². The fourth-order valence-corrected chi connectivity index (χ4v) is 2.74. The first-order valence-electron chi connectivity index (χ1n) is 8.26. The molecule has 0 radical (unpaired) electrons. The quantitative estimate of drug-likeness (QED) is 0.597. The van der Waals surface area contributed by atoms with Crippen LogP contribution < -0.4 is 4.74 Å². The lowest BCUT2D eigenvalue weighted by molar-refractivity contribution is -0.150. The summed E-state index contributed by atoms with van der Waals surface area (Å²) in [5, 5.41) is 0. The van der Waals surface area contributed by atoms with E-state index in [1.54, 1.807) is 24.1 Å². The molecule has 23 heavy (non-hydrogen) atoms. The van der Waals surface area contributed by atoms with Gasteiger partial charge in [0, 0.05) is 13.1 Å². The standard InChI is InChI=1S/C18H25NO4/c1-3-4-13-23-18(21)14-9-11-19(12-10-14)17(20)15-7-5-6-8-16(15)22-2/h5-8,14H,3-4,9-13H2,1-2H3. The molecule has 126 valence electrons. The van der Waals surface area contributed by atoms with Crippen molar-refractivity contribution in [3.63, 3.8) is 0 Å². The first kappa shape index (κ1) is 17.3. The van der Waals surface area contributed by atoms with Crippen molar-refractivity contribution in [2.45, 2.75) is 32.6 Å². The first-order valence-corrected chi connectivity index (χ1v) is 8.26. The Labute approximate surface area is 137 Å². The Morgan fingerprint density at radius 2 is 1.91 bits per heavy atom. The summed E-state index contributed by atoms with van der Waals surface area (Å²) in [6.07, 6.45) is 3.23. The number of esters is 1. The summed E-state index contributed by atoms with van der Waals surface area (Å²) in [7, 11) is 1.56. The number of hydrogen-bond donors (Lipinski definition) is 0. The normalized spacial score (nSPS) is 15.3. The third-order valence-electron chi connectivity index (χ3n) is 4.20. The van der Waals surface area contributed by atoms with E-state index in [1.165, 1.54) is 0 Å². The second kappa shape index (κ2) is 8.56. The van der Waals surface area contributed by atoms with Gasteiger partial charge in [-0.05, 0) is 31.4 Å². The van der Waals surface area contributed by atoms with Gasteiger partial charge >= 0.3 is 5.97 Å². The zero-order valence-corrected chi connectivity index (χ0v) is 13.9. The monoisotopic (exact) mass is 319 g/mol. The van der Waals surface area contributed by atoms with Crippen molar-refractivity contribution in [1.82, 2.24) is 4.90 Å². The number of carbonyl (C=O) groups is 2. The molecule has 5 heteroatoms. The maximum atomic E-state index is 12.6. The number of nitrogens with zero attached hydrogens (tertiary/aromatic N) is 1. The van der Waals surface area contributed by atoms with Crippen LogP contribution in [0.5, 0.6) is 5.75 Å². The van der Waals surface area contributed by atoms with E-state index >= 15 is 0 Å². The summed E-state index contributed by atoms with van der Waals surface area (Å²) < 4.78 is 10.5. The van der Waals surface area contributed by atoms with E-state index in [0.29, 0.717) is 43.9 Å². The lowest BCUT2D eigenvalue weighted by atomic mass is 9.96. The number of para-hydroxylation sites is 1. The topological polar surface area (TPSA) is 55.8 Å². The summed E-state index contributed by atoms with van der Waals surface area (Å²) >= 11 is 0. The number of carbonyl (C=O) groups excluding carboxylic acids is 2. The SMILES string of the molecule is CCCCOC(=O)C1CCN(C(=O)c2ccccc2OC)CC1. The van der Waals surface area contributed by atoms with Crippen LogP contribution in [0.1, 0.15) is 43.0 Å². The Kier molecular flexibility index (Phi) is 6.44. The molecule has 0 saturated carbocycles. The molecule has 1 aromatic carbocycles. The molecule has 0 aliphatic carbocycles. The molecule has 0 atom stereocenters. The van der Waals surface area contributed by atoms with Crippen molar-refractivity contribution in [2.75, 3.05) is 26.8 Å². The third-order valence-corrected chi connectivity index (χ3v) is 4.20. The van der Waals surface area contributed by atoms with E-state index in [0.717, 1.165) is 12.8 Å². The highest BCUT2D eigenvalue weighted by Gasteiger charge is 2.29. The van der Waals surface area contributed by atoms with Crippen LogP contribution in [0, 0.1) is 5.92 Å². The number of likely N-dealkylation sites (tertiary alicyclic amines) is 1. The number of benzene rings is 1. The predicted molar refractivity (Wildman–Crippen MR) is 87.5 cm³/mol. The molecule has 1 heterocycles. The summed E-state index contributed by atoms with van der Waals surface area (Å²) in [6.45, 7) is 3.71. The number of methoxy groups -OCH3 is 1. The Hall–Kier alpha value is -2.04. The van der Waals surface area contributed by atoms with Gasteiger partial charge < -0.3 is 14.4 Å². The van der Waals surface area contributed by atoms with E-state index < -0.39 is 0 Å². The molecule has 0 bridgehead atoms. The highest BCUT2D eigenvalue weighted by molar-refractivity contribution is 5.97. The number of amides is 1. The van der Waals surface area contributed by atoms with Gasteiger partial charge in [0.15, 0.2) is 0 Å². The van der Waals surface area contributed by atoms with Crippen LogP contribution in [0.3, 0.4) is 0 Å². The predicted octanol–water partition coefficient (Wildman–Crippen LogP) is 2.89. The summed E-state index contributed by atoms with van der Waals surface area (Å²) in [6, 6.07) is 7.22. The molecule has 0 aromatic heterocycles. The molecule has 1 saturated heterocycles. The van der Waals surface area contributed by atoms with Crippen LogP contribution in [-0.4, -0.2) is 43.6 Å². The Bertz CT molecular complexity index is 536. The number of hydrogen-bond acceptors (Lipinski definition) is 4. The van der Waals surface area contributed by atoms with Gasteiger partial charge in [0.1, 0.15) is 5.75 Å². The van der Waals surface area contributed by atoms with Crippen molar-refractivity contribution < 1.29 is 19.1 Å². The van der Waals surface area contributed by atoms with Crippen molar-refractivity contribution in [3.8, 4) is 5.75 Å². The second-order valence-corrected chi connectivity index (χ2v) is 5.79. The molecule has 0 unspecified atom stereocenters. The molecular weight excluding hydrogens is 294 g/mol. The summed E-state index contributed by atoms with van der Waals surface area (Å²) in [5.41, 5.74) is 0.568. The maximum absolute atomic E-state index is 12.6. The zero-order chi connectivity index (χ0) is 16.7.